The molecule has 2 aromatic carbocycles. The number of nitrogens with one attached hydrogen (secondary N) is 1. The number of carbonyl (C=O) groups is 1. The van der Waals surface area contributed by atoms with Crippen molar-refractivity contribution in [2.24, 2.45) is 17.6 Å². The highest BCUT2D eigenvalue weighted by Gasteiger charge is 2.53. The fraction of sp³-hybridized carbons (Fsp3) is 0.486. The average molecular weight is 590 g/mol. The molecule has 1 spiro atoms. The van der Waals surface area contributed by atoms with E-state index in [1.54, 1.807) is 6.07 Å². The first-order valence-electron chi connectivity index (χ1n) is 15.4. The number of fused-ring (bicyclic) bond motifs is 3. The number of hydrogen-bond acceptors (Lipinski definition) is 4. The van der Waals surface area contributed by atoms with Crippen molar-refractivity contribution in [2.75, 3.05) is 11.9 Å². The SMILES string of the molecule is C[C@@H](COc1ccnc2c1[C@H](C)CCC2)C[C@H]1Cc2ccccc2C12CCC(Nc1cc(F)cc(Cl)c1)(C(N)=O)CC2. The maximum absolute atomic E-state index is 14.1. The van der Waals surface area contributed by atoms with E-state index in [0.717, 1.165) is 37.9 Å². The monoisotopic (exact) mass is 589 g/mol. The van der Waals surface area contributed by atoms with Gasteiger partial charge in [0, 0.05) is 28.2 Å². The normalized spacial score (nSPS) is 27.2. The van der Waals surface area contributed by atoms with Crippen LogP contribution in [-0.4, -0.2) is 23.0 Å². The van der Waals surface area contributed by atoms with Crippen LogP contribution in [0.3, 0.4) is 0 Å². The number of amides is 1. The van der Waals surface area contributed by atoms with Crippen LogP contribution in [-0.2, 0) is 23.1 Å². The summed E-state index contributed by atoms with van der Waals surface area (Å²) in [5, 5.41) is 3.59. The average Bonchev–Trinajstić information content (AvgIpc) is 3.25. The molecule has 1 aromatic heterocycles. The minimum Gasteiger partial charge on any atom is -0.493 e. The van der Waals surface area contributed by atoms with Crippen molar-refractivity contribution < 1.29 is 13.9 Å². The molecule has 3 N–H and O–H groups in total. The number of anilines is 1. The quantitative estimate of drug-likeness (QED) is 0.282. The number of carbonyl (C=O) groups excluding carboxylic acids is 1. The van der Waals surface area contributed by atoms with E-state index >= 15 is 0 Å². The van der Waals surface area contributed by atoms with Gasteiger partial charge in [-0.3, -0.25) is 9.78 Å². The molecule has 3 atom stereocenters. The van der Waals surface area contributed by atoms with Crippen LogP contribution in [0.4, 0.5) is 10.1 Å². The van der Waals surface area contributed by atoms with E-state index in [0.29, 0.717) is 42.9 Å². The van der Waals surface area contributed by atoms with E-state index in [2.05, 4.69) is 48.4 Å². The van der Waals surface area contributed by atoms with E-state index in [4.69, 9.17) is 22.1 Å². The summed E-state index contributed by atoms with van der Waals surface area (Å²) in [6.07, 6.45) is 10.2. The zero-order chi connectivity index (χ0) is 29.5. The van der Waals surface area contributed by atoms with E-state index < -0.39 is 17.3 Å². The topological polar surface area (TPSA) is 77.2 Å². The molecule has 5 nitrogen and oxygen atoms in total. The Morgan fingerprint density at radius 1 is 1.19 bits per heavy atom. The second-order valence-electron chi connectivity index (χ2n) is 13.1. The van der Waals surface area contributed by atoms with Gasteiger partial charge in [0.25, 0.3) is 0 Å². The predicted molar refractivity (Wildman–Crippen MR) is 166 cm³/mol. The van der Waals surface area contributed by atoms with Crippen LogP contribution in [0, 0.1) is 17.7 Å². The van der Waals surface area contributed by atoms with Gasteiger partial charge in [-0.2, -0.15) is 0 Å². The summed E-state index contributed by atoms with van der Waals surface area (Å²) in [5.41, 5.74) is 10.8. The first-order valence-corrected chi connectivity index (χ1v) is 15.8. The molecule has 0 radical (unpaired) electrons. The molecule has 0 saturated heterocycles. The van der Waals surface area contributed by atoms with Crippen molar-refractivity contribution in [2.45, 2.75) is 88.5 Å². The molecule has 1 fully saturated rings. The molecule has 42 heavy (non-hydrogen) atoms. The molecule has 7 heteroatoms. The highest BCUT2D eigenvalue weighted by molar-refractivity contribution is 6.30. The predicted octanol–water partition coefficient (Wildman–Crippen LogP) is 7.74. The van der Waals surface area contributed by atoms with Crippen LogP contribution >= 0.6 is 11.6 Å². The Morgan fingerprint density at radius 2 is 1.98 bits per heavy atom. The number of primary amides is 1. The summed E-state index contributed by atoms with van der Waals surface area (Å²) in [7, 11) is 0. The molecule has 3 aliphatic rings. The van der Waals surface area contributed by atoms with Crippen molar-refractivity contribution in [1.82, 2.24) is 4.98 Å². The first-order chi connectivity index (χ1) is 20.2. The van der Waals surface area contributed by atoms with Crippen LogP contribution in [0.25, 0.3) is 0 Å². The summed E-state index contributed by atoms with van der Waals surface area (Å²) in [6.45, 7) is 5.24. The molecule has 222 valence electrons. The van der Waals surface area contributed by atoms with Gasteiger partial charge in [0.05, 0.1) is 6.61 Å². The summed E-state index contributed by atoms with van der Waals surface area (Å²) >= 11 is 6.11. The summed E-state index contributed by atoms with van der Waals surface area (Å²) in [4.78, 5) is 17.6. The Labute approximate surface area is 253 Å². The van der Waals surface area contributed by atoms with Crippen molar-refractivity contribution >= 4 is 23.2 Å². The second-order valence-corrected chi connectivity index (χ2v) is 13.5. The molecular formula is C35H41ClFN3O2. The van der Waals surface area contributed by atoms with Crippen LogP contribution in [0.2, 0.25) is 5.02 Å². The second kappa shape index (κ2) is 11.5. The van der Waals surface area contributed by atoms with Gasteiger partial charge in [-0.15, -0.1) is 0 Å². The Kier molecular flexibility index (Phi) is 7.95. The lowest BCUT2D eigenvalue weighted by Gasteiger charge is -2.48. The molecule has 0 aliphatic heterocycles. The number of aromatic nitrogens is 1. The maximum atomic E-state index is 14.1. The number of benzene rings is 2. The van der Waals surface area contributed by atoms with Crippen LogP contribution in [0.15, 0.2) is 54.7 Å². The Hall–Kier alpha value is -3.12. The number of aryl methyl sites for hydroxylation is 1. The van der Waals surface area contributed by atoms with Crippen LogP contribution in [0.5, 0.6) is 5.75 Å². The molecule has 1 amide bonds. The van der Waals surface area contributed by atoms with Crippen LogP contribution in [0.1, 0.15) is 87.1 Å². The summed E-state index contributed by atoms with van der Waals surface area (Å²) in [5.74, 6) is 1.42. The van der Waals surface area contributed by atoms with Crippen LogP contribution < -0.4 is 15.8 Å². The van der Waals surface area contributed by atoms with Gasteiger partial charge in [0.1, 0.15) is 17.1 Å². The molecular weight excluding hydrogens is 549 g/mol. The standard InChI is InChI=1S/C35H41ClFN3O2/c1-22(21-42-31-10-15-39-30-9-5-6-23(2)32(30)31)16-25-17-24-7-3-4-8-29(24)34(25)11-13-35(14-12-34,33(38)41)40-28-19-26(36)18-27(37)20-28/h3-4,7-8,10,15,18-20,22-23,25,40H,5-6,9,11-14,16-17,21H2,1-2H3,(H2,38,41)/t22-,23-,25+,34?,35?/m1/s1. The first kappa shape index (κ1) is 29.0. The molecule has 0 unspecified atom stereocenters. The molecule has 3 aliphatic carbocycles. The smallest absolute Gasteiger partial charge is 0.243 e. The van der Waals surface area contributed by atoms with Gasteiger partial charge in [0.2, 0.25) is 5.91 Å². The van der Waals surface area contributed by atoms with E-state index in [1.807, 2.05) is 12.3 Å². The lowest BCUT2D eigenvalue weighted by Crippen LogP contribution is -2.55. The Bertz CT molecular complexity index is 1450. The lowest BCUT2D eigenvalue weighted by molar-refractivity contribution is -0.124. The zero-order valence-corrected chi connectivity index (χ0v) is 25.4. The van der Waals surface area contributed by atoms with Gasteiger partial charge in [0.15, 0.2) is 0 Å². The highest BCUT2D eigenvalue weighted by atomic mass is 35.5. The highest BCUT2D eigenvalue weighted by Crippen LogP contribution is 2.56. The largest absolute Gasteiger partial charge is 0.493 e. The molecule has 6 rings (SSSR count). The Balaban J connectivity index is 1.20. The number of pyridine rings is 1. The van der Waals surface area contributed by atoms with Crippen molar-refractivity contribution in [3.05, 3.63) is 88.0 Å². The number of ether oxygens (including phenoxy) is 1. The van der Waals surface area contributed by atoms with Gasteiger partial charge >= 0.3 is 0 Å². The molecule has 3 aromatic rings. The summed E-state index contributed by atoms with van der Waals surface area (Å²) in [6, 6.07) is 15.1. The lowest BCUT2D eigenvalue weighted by atomic mass is 9.59. The Morgan fingerprint density at radius 3 is 2.74 bits per heavy atom. The van der Waals surface area contributed by atoms with Gasteiger partial charge < -0.3 is 15.8 Å². The third-order valence-electron chi connectivity index (χ3n) is 10.3. The number of hydrogen-bond donors (Lipinski definition) is 2. The number of nitrogens with zero attached hydrogens (tertiary/aromatic N) is 1. The van der Waals surface area contributed by atoms with Crippen molar-refractivity contribution in [3.8, 4) is 5.75 Å². The third-order valence-corrected chi connectivity index (χ3v) is 10.5. The van der Waals surface area contributed by atoms with Gasteiger partial charge in [-0.1, -0.05) is 49.7 Å². The van der Waals surface area contributed by atoms with E-state index in [9.17, 15) is 9.18 Å². The fourth-order valence-electron chi connectivity index (χ4n) is 8.16. The minimum absolute atomic E-state index is 0.0323. The summed E-state index contributed by atoms with van der Waals surface area (Å²) < 4.78 is 20.6. The molecule has 1 saturated carbocycles. The minimum atomic E-state index is -0.948. The van der Waals surface area contributed by atoms with E-state index in [1.165, 1.54) is 47.4 Å². The number of halogens is 2. The van der Waals surface area contributed by atoms with Gasteiger partial charge in [-0.05, 0) is 116 Å². The van der Waals surface area contributed by atoms with Crippen molar-refractivity contribution in [1.29, 1.82) is 0 Å². The fourth-order valence-corrected chi connectivity index (χ4v) is 8.39. The number of rotatable bonds is 8. The van der Waals surface area contributed by atoms with E-state index in [-0.39, 0.29) is 10.4 Å². The zero-order valence-electron chi connectivity index (χ0n) is 24.6. The molecule has 0 bridgehead atoms. The van der Waals surface area contributed by atoms with Gasteiger partial charge in [-0.25, -0.2) is 4.39 Å². The molecule has 1 heterocycles. The van der Waals surface area contributed by atoms with Crippen molar-refractivity contribution in [3.63, 3.8) is 0 Å². The third kappa shape index (κ3) is 5.39. The number of nitrogens with two attached hydrogens (primary N) is 1. The maximum Gasteiger partial charge on any atom is 0.243 e.